The first-order chi connectivity index (χ1) is 11.2. The number of para-hydroxylation sites is 1. The van der Waals surface area contributed by atoms with Gasteiger partial charge in [-0.2, -0.15) is 0 Å². The number of hydrogen-bond donors (Lipinski definition) is 1. The molecule has 0 atom stereocenters. The summed E-state index contributed by atoms with van der Waals surface area (Å²) in [5.74, 6) is 0.903. The molecule has 1 amide bonds. The summed E-state index contributed by atoms with van der Waals surface area (Å²) >= 11 is 0. The summed E-state index contributed by atoms with van der Waals surface area (Å²) in [6, 6.07) is 8.09. The van der Waals surface area contributed by atoms with E-state index in [-0.39, 0.29) is 12.1 Å². The summed E-state index contributed by atoms with van der Waals surface area (Å²) in [4.78, 5) is 14.0. The first-order valence-electron chi connectivity index (χ1n) is 8.65. The molecule has 0 radical (unpaired) electrons. The number of nitrogens with zero attached hydrogens (tertiary/aromatic N) is 1. The highest BCUT2D eigenvalue weighted by Gasteiger charge is 2.23. The molecule has 0 saturated carbocycles. The Balaban J connectivity index is 2.50. The third kappa shape index (κ3) is 7.21. The van der Waals surface area contributed by atoms with E-state index in [2.05, 4.69) is 5.32 Å². The molecule has 5 heteroatoms. The van der Waals surface area contributed by atoms with Crippen LogP contribution in [0, 0.1) is 0 Å². The zero-order valence-electron chi connectivity index (χ0n) is 15.9. The van der Waals surface area contributed by atoms with Gasteiger partial charge < -0.3 is 19.7 Å². The Morgan fingerprint density at radius 1 is 1.25 bits per heavy atom. The fourth-order valence-electron chi connectivity index (χ4n) is 2.25. The van der Waals surface area contributed by atoms with Gasteiger partial charge in [-0.3, -0.25) is 0 Å². The van der Waals surface area contributed by atoms with Crippen molar-refractivity contribution >= 4 is 6.09 Å². The van der Waals surface area contributed by atoms with Gasteiger partial charge in [0, 0.05) is 31.2 Å². The third-order valence-corrected chi connectivity index (χ3v) is 3.37. The molecule has 0 heterocycles. The Labute approximate surface area is 146 Å². The second-order valence-corrected chi connectivity index (χ2v) is 6.98. The quantitative estimate of drug-likeness (QED) is 0.733. The molecular weight excluding hydrogens is 304 g/mol. The van der Waals surface area contributed by atoms with E-state index in [9.17, 15) is 4.79 Å². The molecule has 0 spiro atoms. The van der Waals surface area contributed by atoms with E-state index in [0.29, 0.717) is 26.2 Å². The Hall–Kier alpha value is -1.75. The van der Waals surface area contributed by atoms with Crippen molar-refractivity contribution in [3.63, 3.8) is 0 Å². The van der Waals surface area contributed by atoms with Gasteiger partial charge in [-0.1, -0.05) is 18.2 Å². The molecule has 0 unspecified atom stereocenters. The van der Waals surface area contributed by atoms with Crippen molar-refractivity contribution in [3.8, 4) is 5.75 Å². The molecule has 0 aliphatic rings. The van der Waals surface area contributed by atoms with Crippen molar-refractivity contribution in [2.45, 2.75) is 59.7 Å². The van der Waals surface area contributed by atoms with Crippen LogP contribution in [0.1, 0.15) is 47.1 Å². The lowest BCUT2D eigenvalue weighted by Gasteiger charge is -2.30. The minimum Gasteiger partial charge on any atom is -0.494 e. The van der Waals surface area contributed by atoms with Crippen molar-refractivity contribution in [2.75, 3.05) is 19.7 Å². The first kappa shape index (κ1) is 20.3. The van der Waals surface area contributed by atoms with Crippen LogP contribution in [-0.4, -0.2) is 42.3 Å². The number of ether oxygens (including phenoxy) is 2. The maximum absolute atomic E-state index is 12.3. The normalized spacial score (nSPS) is 11.5. The molecule has 0 bridgehead atoms. The van der Waals surface area contributed by atoms with E-state index in [1.54, 1.807) is 4.90 Å². The molecule has 1 aromatic carbocycles. The van der Waals surface area contributed by atoms with Gasteiger partial charge in [0.25, 0.3) is 0 Å². The maximum Gasteiger partial charge on any atom is 0.410 e. The summed E-state index contributed by atoms with van der Waals surface area (Å²) in [5.41, 5.74) is 0.640. The number of hydrogen-bond acceptors (Lipinski definition) is 4. The van der Waals surface area contributed by atoms with Gasteiger partial charge >= 0.3 is 6.09 Å². The largest absolute Gasteiger partial charge is 0.494 e. The van der Waals surface area contributed by atoms with Gasteiger partial charge in [0.15, 0.2) is 0 Å². The van der Waals surface area contributed by atoms with Gasteiger partial charge in [0.1, 0.15) is 11.4 Å². The van der Waals surface area contributed by atoms with E-state index in [1.807, 2.05) is 65.8 Å². The van der Waals surface area contributed by atoms with Gasteiger partial charge in [0.2, 0.25) is 0 Å². The smallest absolute Gasteiger partial charge is 0.410 e. The predicted octanol–water partition coefficient (Wildman–Crippen LogP) is 3.82. The first-order valence-corrected chi connectivity index (χ1v) is 8.65. The van der Waals surface area contributed by atoms with E-state index in [0.717, 1.165) is 11.3 Å². The Morgan fingerprint density at radius 3 is 2.50 bits per heavy atom. The summed E-state index contributed by atoms with van der Waals surface area (Å²) < 4.78 is 11.1. The lowest BCUT2D eigenvalue weighted by Crippen LogP contribution is -2.44. The molecule has 0 saturated heterocycles. The SMILES string of the molecule is CCOc1ccccc1CNCCN(C(=O)OC(C)(C)C)C(C)C. The molecule has 0 aromatic heterocycles. The van der Waals surface area contributed by atoms with Crippen molar-refractivity contribution in [1.29, 1.82) is 0 Å². The molecule has 1 rings (SSSR count). The number of carbonyl (C=O) groups excluding carboxylic acids is 1. The summed E-state index contributed by atoms with van der Waals surface area (Å²) in [6.07, 6.45) is -0.269. The number of rotatable bonds is 8. The zero-order chi connectivity index (χ0) is 18.2. The molecule has 1 N–H and O–H groups in total. The lowest BCUT2D eigenvalue weighted by atomic mass is 10.2. The van der Waals surface area contributed by atoms with Crippen molar-refractivity contribution in [3.05, 3.63) is 29.8 Å². The second-order valence-electron chi connectivity index (χ2n) is 6.98. The molecular formula is C19H32N2O3. The molecule has 5 nitrogen and oxygen atoms in total. The average Bonchev–Trinajstić information content (AvgIpc) is 2.46. The fraction of sp³-hybridized carbons (Fsp3) is 0.632. The highest BCUT2D eigenvalue weighted by Crippen LogP contribution is 2.17. The second kappa shape index (κ2) is 9.52. The van der Waals surface area contributed by atoms with Crippen molar-refractivity contribution in [1.82, 2.24) is 10.2 Å². The van der Waals surface area contributed by atoms with Crippen LogP contribution in [0.2, 0.25) is 0 Å². The van der Waals surface area contributed by atoms with Gasteiger partial charge in [-0.25, -0.2) is 4.79 Å². The van der Waals surface area contributed by atoms with Crippen LogP contribution in [0.3, 0.4) is 0 Å². The van der Waals surface area contributed by atoms with Gasteiger partial charge in [-0.15, -0.1) is 0 Å². The molecule has 24 heavy (non-hydrogen) atoms. The van der Waals surface area contributed by atoms with Crippen LogP contribution in [0.15, 0.2) is 24.3 Å². The predicted molar refractivity (Wildman–Crippen MR) is 97.4 cm³/mol. The molecule has 0 aliphatic carbocycles. The van der Waals surface area contributed by atoms with Crippen molar-refractivity contribution in [2.24, 2.45) is 0 Å². The van der Waals surface area contributed by atoms with Crippen LogP contribution < -0.4 is 10.1 Å². The van der Waals surface area contributed by atoms with E-state index >= 15 is 0 Å². The Kier molecular flexibility index (Phi) is 8.05. The molecule has 1 aromatic rings. The van der Waals surface area contributed by atoms with Crippen LogP contribution in [0.5, 0.6) is 5.75 Å². The fourth-order valence-corrected chi connectivity index (χ4v) is 2.25. The summed E-state index contributed by atoms with van der Waals surface area (Å²) in [7, 11) is 0. The minimum atomic E-state index is -0.478. The van der Waals surface area contributed by atoms with Crippen LogP contribution in [-0.2, 0) is 11.3 Å². The van der Waals surface area contributed by atoms with Crippen LogP contribution >= 0.6 is 0 Å². The number of nitrogens with one attached hydrogen (secondary N) is 1. The maximum atomic E-state index is 12.3. The number of benzene rings is 1. The van der Waals surface area contributed by atoms with E-state index in [4.69, 9.17) is 9.47 Å². The highest BCUT2D eigenvalue weighted by atomic mass is 16.6. The van der Waals surface area contributed by atoms with E-state index in [1.165, 1.54) is 0 Å². The van der Waals surface area contributed by atoms with E-state index < -0.39 is 5.60 Å². The number of carbonyl (C=O) groups is 1. The van der Waals surface area contributed by atoms with Crippen molar-refractivity contribution < 1.29 is 14.3 Å². The van der Waals surface area contributed by atoms with Gasteiger partial charge in [0.05, 0.1) is 6.61 Å². The van der Waals surface area contributed by atoms with Gasteiger partial charge in [-0.05, 0) is 47.6 Å². The monoisotopic (exact) mass is 336 g/mol. The summed E-state index contributed by atoms with van der Waals surface area (Å²) in [5, 5.41) is 3.37. The summed E-state index contributed by atoms with van der Waals surface area (Å²) in [6.45, 7) is 14.3. The Morgan fingerprint density at radius 2 is 1.92 bits per heavy atom. The minimum absolute atomic E-state index is 0.0948. The lowest BCUT2D eigenvalue weighted by molar-refractivity contribution is 0.0193. The van der Waals surface area contributed by atoms with Crippen LogP contribution in [0.25, 0.3) is 0 Å². The van der Waals surface area contributed by atoms with Crippen LogP contribution in [0.4, 0.5) is 4.79 Å². The zero-order valence-corrected chi connectivity index (χ0v) is 15.9. The Bertz CT molecular complexity index is 510. The standard InChI is InChI=1S/C19H32N2O3/c1-7-23-17-11-9-8-10-16(17)14-20-12-13-21(15(2)3)18(22)24-19(4,5)6/h8-11,15,20H,7,12-14H2,1-6H3. The molecule has 136 valence electrons. The molecule has 0 aliphatic heterocycles. The number of amides is 1. The molecule has 0 fully saturated rings. The average molecular weight is 336 g/mol. The third-order valence-electron chi connectivity index (χ3n) is 3.37. The highest BCUT2D eigenvalue weighted by molar-refractivity contribution is 5.68. The topological polar surface area (TPSA) is 50.8 Å².